The monoisotopic (exact) mass is 345 g/mol. The topological polar surface area (TPSA) is 71.6 Å². The lowest BCUT2D eigenvalue weighted by molar-refractivity contribution is -0.117. The number of hydrogen-bond acceptors (Lipinski definition) is 4. The highest BCUT2D eigenvalue weighted by atomic mass is 35.5. The summed E-state index contributed by atoms with van der Waals surface area (Å²) >= 11 is 6.01. The molecule has 0 atom stereocenters. The minimum Gasteiger partial charge on any atom is -0.324 e. The molecule has 0 fully saturated rings. The molecular weight excluding hydrogens is 330 g/mol. The van der Waals surface area contributed by atoms with E-state index in [0.29, 0.717) is 16.4 Å². The number of amides is 1. The number of nitrogens with one attached hydrogen (secondary N) is 1. The Labute approximate surface area is 143 Å². The quantitative estimate of drug-likeness (QED) is 0.763. The molecule has 0 spiro atoms. The fourth-order valence-electron chi connectivity index (χ4n) is 2.34. The first-order valence-corrected chi connectivity index (χ1v) is 7.69. The van der Waals surface area contributed by atoms with E-state index in [-0.39, 0.29) is 24.8 Å². The number of benzene rings is 1. The Bertz CT molecular complexity index is 933. The van der Waals surface area contributed by atoms with Crippen molar-refractivity contribution in [1.29, 1.82) is 0 Å². The smallest absolute Gasteiger partial charge is 0.324 e. The molecule has 0 aliphatic heterocycles. The molecule has 0 saturated carbocycles. The second-order valence-corrected chi connectivity index (χ2v) is 5.80. The van der Waals surface area contributed by atoms with Crippen molar-refractivity contribution in [3.63, 3.8) is 0 Å². The molecule has 24 heavy (non-hydrogen) atoms. The number of aromatic nitrogens is 3. The Kier molecular flexibility index (Phi) is 4.64. The van der Waals surface area contributed by atoms with Crippen molar-refractivity contribution in [2.45, 2.75) is 6.67 Å². The summed E-state index contributed by atoms with van der Waals surface area (Å²) in [7, 11) is 1.74. The van der Waals surface area contributed by atoms with E-state index < -0.39 is 0 Å². The van der Waals surface area contributed by atoms with Crippen LogP contribution in [0, 0.1) is 0 Å². The normalized spacial score (nSPS) is 11.1. The van der Waals surface area contributed by atoms with Crippen LogP contribution in [-0.4, -0.2) is 38.6 Å². The molecule has 1 amide bonds. The molecule has 0 unspecified atom stereocenters. The van der Waals surface area contributed by atoms with Gasteiger partial charge < -0.3 is 5.32 Å². The van der Waals surface area contributed by atoms with Crippen LogP contribution in [0.2, 0.25) is 5.02 Å². The van der Waals surface area contributed by atoms with E-state index in [9.17, 15) is 9.59 Å². The minimum absolute atomic E-state index is 0.103. The van der Waals surface area contributed by atoms with Crippen molar-refractivity contribution >= 4 is 28.8 Å². The summed E-state index contributed by atoms with van der Waals surface area (Å²) < 4.78 is 2.77. The number of halogens is 1. The van der Waals surface area contributed by atoms with Gasteiger partial charge in [0.2, 0.25) is 5.91 Å². The molecule has 0 aliphatic carbocycles. The van der Waals surface area contributed by atoms with E-state index in [1.54, 1.807) is 54.5 Å². The van der Waals surface area contributed by atoms with Gasteiger partial charge in [-0.1, -0.05) is 29.8 Å². The predicted octanol–water partition coefficient (Wildman–Crippen LogP) is 1.68. The maximum absolute atomic E-state index is 12.2. The first kappa shape index (κ1) is 16.2. The first-order chi connectivity index (χ1) is 11.5. The van der Waals surface area contributed by atoms with Crippen molar-refractivity contribution in [2.75, 3.05) is 18.9 Å². The van der Waals surface area contributed by atoms with Gasteiger partial charge in [0, 0.05) is 6.20 Å². The number of rotatable bonds is 5. The molecule has 0 aliphatic rings. The van der Waals surface area contributed by atoms with Crippen LogP contribution >= 0.6 is 11.6 Å². The zero-order valence-electron chi connectivity index (χ0n) is 13.0. The van der Waals surface area contributed by atoms with E-state index in [1.165, 1.54) is 9.08 Å². The lowest BCUT2D eigenvalue weighted by Gasteiger charge is -2.15. The van der Waals surface area contributed by atoms with Crippen molar-refractivity contribution in [3.05, 3.63) is 64.2 Å². The molecule has 0 saturated heterocycles. The molecule has 1 N–H and O–H groups in total. The van der Waals surface area contributed by atoms with Crippen LogP contribution in [0.4, 0.5) is 5.69 Å². The van der Waals surface area contributed by atoms with Crippen molar-refractivity contribution in [3.8, 4) is 0 Å². The zero-order chi connectivity index (χ0) is 17.1. The van der Waals surface area contributed by atoms with Gasteiger partial charge in [-0.05, 0) is 31.3 Å². The second-order valence-electron chi connectivity index (χ2n) is 5.39. The fraction of sp³-hybridized carbons (Fsp3) is 0.188. The SMILES string of the molecule is CN(CC(=O)Nc1ccccc1Cl)Cn1nc2ccccn2c1=O. The standard InChI is InChI=1S/C16H16ClN5O2/c1-20(10-15(23)18-13-7-3-2-6-12(13)17)11-22-16(24)21-9-5-4-8-14(21)19-22/h2-9H,10-11H2,1H3,(H,18,23). The van der Waals surface area contributed by atoms with Gasteiger partial charge in [0.1, 0.15) is 0 Å². The predicted molar refractivity (Wildman–Crippen MR) is 92.2 cm³/mol. The molecular formula is C16H16ClN5O2. The van der Waals surface area contributed by atoms with E-state index in [1.807, 2.05) is 6.07 Å². The number of carbonyl (C=O) groups excluding carboxylic acids is 1. The number of nitrogens with zero attached hydrogens (tertiary/aromatic N) is 4. The largest absolute Gasteiger partial charge is 0.351 e. The highest BCUT2D eigenvalue weighted by Gasteiger charge is 2.12. The average Bonchev–Trinajstić information content (AvgIpc) is 2.86. The van der Waals surface area contributed by atoms with E-state index in [0.717, 1.165) is 0 Å². The summed E-state index contributed by atoms with van der Waals surface area (Å²) in [6.45, 7) is 0.308. The van der Waals surface area contributed by atoms with Crippen LogP contribution in [-0.2, 0) is 11.5 Å². The molecule has 2 heterocycles. The molecule has 0 bridgehead atoms. The molecule has 1 aromatic carbocycles. The van der Waals surface area contributed by atoms with Gasteiger partial charge in [0.15, 0.2) is 5.65 Å². The highest BCUT2D eigenvalue weighted by molar-refractivity contribution is 6.33. The maximum Gasteiger partial charge on any atom is 0.351 e. The van der Waals surface area contributed by atoms with Crippen molar-refractivity contribution in [1.82, 2.24) is 19.1 Å². The van der Waals surface area contributed by atoms with Gasteiger partial charge in [-0.3, -0.25) is 14.1 Å². The van der Waals surface area contributed by atoms with Gasteiger partial charge >= 0.3 is 5.69 Å². The summed E-state index contributed by atoms with van der Waals surface area (Å²) in [6, 6.07) is 12.3. The molecule has 3 rings (SSSR count). The van der Waals surface area contributed by atoms with Crippen molar-refractivity contribution < 1.29 is 4.79 Å². The Morgan fingerprint density at radius 3 is 2.75 bits per heavy atom. The summed E-state index contributed by atoms with van der Waals surface area (Å²) in [6.07, 6.45) is 1.66. The first-order valence-electron chi connectivity index (χ1n) is 7.32. The van der Waals surface area contributed by atoms with Gasteiger partial charge in [-0.25, -0.2) is 4.79 Å². The molecule has 2 aromatic heterocycles. The van der Waals surface area contributed by atoms with Crippen LogP contribution < -0.4 is 11.0 Å². The third-order valence-corrected chi connectivity index (χ3v) is 3.75. The number of hydrogen-bond donors (Lipinski definition) is 1. The van der Waals surface area contributed by atoms with Gasteiger partial charge in [-0.2, -0.15) is 4.68 Å². The molecule has 124 valence electrons. The number of anilines is 1. The van der Waals surface area contributed by atoms with Gasteiger partial charge in [0.05, 0.1) is 23.9 Å². The fourth-order valence-corrected chi connectivity index (χ4v) is 2.52. The Hall–Kier alpha value is -2.64. The lowest BCUT2D eigenvalue weighted by atomic mass is 10.3. The maximum atomic E-state index is 12.2. The number of para-hydroxylation sites is 1. The minimum atomic E-state index is -0.246. The van der Waals surface area contributed by atoms with Crippen LogP contribution in [0.1, 0.15) is 0 Å². The Morgan fingerprint density at radius 1 is 1.25 bits per heavy atom. The number of likely N-dealkylation sites (N-methyl/N-ethyl adjacent to an activating group) is 1. The summed E-state index contributed by atoms with van der Waals surface area (Å²) in [5.41, 5.74) is 0.878. The average molecular weight is 346 g/mol. The number of fused-ring (bicyclic) bond motifs is 1. The Balaban J connectivity index is 1.65. The van der Waals surface area contributed by atoms with E-state index in [4.69, 9.17) is 11.6 Å². The summed E-state index contributed by atoms with van der Waals surface area (Å²) in [4.78, 5) is 26.0. The molecule has 8 heteroatoms. The molecule has 0 radical (unpaired) electrons. The highest BCUT2D eigenvalue weighted by Crippen LogP contribution is 2.20. The van der Waals surface area contributed by atoms with Crippen LogP contribution in [0.5, 0.6) is 0 Å². The second kappa shape index (κ2) is 6.86. The van der Waals surface area contributed by atoms with Gasteiger partial charge in [0.25, 0.3) is 0 Å². The summed E-state index contributed by atoms with van der Waals surface area (Å²) in [5, 5.41) is 7.45. The molecule has 7 nitrogen and oxygen atoms in total. The van der Waals surface area contributed by atoms with Crippen LogP contribution in [0.25, 0.3) is 5.65 Å². The third-order valence-electron chi connectivity index (χ3n) is 3.43. The van der Waals surface area contributed by atoms with Crippen molar-refractivity contribution in [2.24, 2.45) is 0 Å². The number of carbonyl (C=O) groups is 1. The van der Waals surface area contributed by atoms with Crippen LogP contribution in [0.15, 0.2) is 53.5 Å². The third kappa shape index (κ3) is 3.47. The molecule has 3 aromatic rings. The summed E-state index contributed by atoms with van der Waals surface area (Å²) in [5.74, 6) is -0.220. The zero-order valence-corrected chi connectivity index (χ0v) is 13.8. The van der Waals surface area contributed by atoms with Crippen LogP contribution in [0.3, 0.4) is 0 Å². The van der Waals surface area contributed by atoms with E-state index >= 15 is 0 Å². The van der Waals surface area contributed by atoms with Gasteiger partial charge in [-0.15, -0.1) is 5.10 Å². The number of pyridine rings is 1. The Morgan fingerprint density at radius 2 is 2.00 bits per heavy atom. The van der Waals surface area contributed by atoms with E-state index in [2.05, 4.69) is 10.4 Å². The lowest BCUT2D eigenvalue weighted by Crippen LogP contribution is -2.35.